The number of hydrogen-bond acceptors (Lipinski definition) is 3. The zero-order chi connectivity index (χ0) is 12.1. The van der Waals surface area contributed by atoms with Gasteiger partial charge in [-0.1, -0.05) is 12.1 Å². The van der Waals surface area contributed by atoms with Crippen molar-refractivity contribution in [2.45, 2.75) is 13.0 Å². The Hall–Kier alpha value is -1.81. The van der Waals surface area contributed by atoms with Crippen molar-refractivity contribution in [1.29, 1.82) is 0 Å². The van der Waals surface area contributed by atoms with Crippen LogP contribution in [0.1, 0.15) is 24.4 Å². The second-order valence-corrected chi connectivity index (χ2v) is 3.70. The molecule has 90 valence electrons. The molecule has 4 heteroatoms. The summed E-state index contributed by atoms with van der Waals surface area (Å²) in [6.45, 7) is 2.67. The van der Waals surface area contributed by atoms with E-state index in [-0.39, 0.29) is 6.04 Å². The van der Waals surface area contributed by atoms with Crippen molar-refractivity contribution in [2.75, 3.05) is 13.7 Å². The van der Waals surface area contributed by atoms with E-state index in [4.69, 9.17) is 4.74 Å². The van der Waals surface area contributed by atoms with Crippen LogP contribution in [0.5, 0.6) is 5.75 Å². The summed E-state index contributed by atoms with van der Waals surface area (Å²) in [6.07, 6.45) is 3.59. The Kier molecular flexibility index (Phi) is 3.77. The third-order valence-corrected chi connectivity index (χ3v) is 2.61. The summed E-state index contributed by atoms with van der Waals surface area (Å²) >= 11 is 0. The van der Waals surface area contributed by atoms with Crippen LogP contribution >= 0.6 is 0 Å². The fourth-order valence-electron chi connectivity index (χ4n) is 1.82. The Morgan fingerprint density at radius 3 is 2.65 bits per heavy atom. The van der Waals surface area contributed by atoms with Crippen molar-refractivity contribution in [3.63, 3.8) is 0 Å². The van der Waals surface area contributed by atoms with Crippen LogP contribution in [0, 0.1) is 0 Å². The van der Waals surface area contributed by atoms with E-state index < -0.39 is 0 Å². The molecular weight excluding hydrogens is 214 g/mol. The molecule has 0 saturated carbocycles. The zero-order valence-electron chi connectivity index (χ0n) is 10.1. The van der Waals surface area contributed by atoms with Crippen LogP contribution < -0.4 is 10.1 Å². The molecule has 2 rings (SSSR count). The molecule has 0 saturated heterocycles. The van der Waals surface area contributed by atoms with Crippen LogP contribution in [0.15, 0.2) is 36.7 Å². The molecule has 4 nitrogen and oxygen atoms in total. The van der Waals surface area contributed by atoms with Gasteiger partial charge in [0.1, 0.15) is 11.6 Å². The van der Waals surface area contributed by atoms with Gasteiger partial charge in [0.2, 0.25) is 0 Å². The highest BCUT2D eigenvalue weighted by atomic mass is 16.5. The van der Waals surface area contributed by atoms with Gasteiger partial charge in [0, 0.05) is 12.4 Å². The number of benzene rings is 1. The van der Waals surface area contributed by atoms with Crippen molar-refractivity contribution < 1.29 is 4.74 Å². The fraction of sp³-hybridized carbons (Fsp3) is 0.308. The molecule has 1 unspecified atom stereocenters. The molecule has 0 aliphatic heterocycles. The van der Waals surface area contributed by atoms with Crippen LogP contribution in [0.3, 0.4) is 0 Å². The SMILES string of the molecule is CCOc1ccc(C(NC)c2ncc[nH]2)cc1. The van der Waals surface area contributed by atoms with Crippen LogP contribution in [0.2, 0.25) is 0 Å². The van der Waals surface area contributed by atoms with E-state index >= 15 is 0 Å². The Labute approximate surface area is 101 Å². The number of nitrogens with zero attached hydrogens (tertiary/aromatic N) is 1. The Balaban J connectivity index is 2.20. The van der Waals surface area contributed by atoms with E-state index in [0.717, 1.165) is 17.1 Å². The lowest BCUT2D eigenvalue weighted by Gasteiger charge is -2.14. The molecule has 0 spiro atoms. The van der Waals surface area contributed by atoms with Crippen molar-refractivity contribution in [2.24, 2.45) is 0 Å². The lowest BCUT2D eigenvalue weighted by molar-refractivity contribution is 0.340. The minimum Gasteiger partial charge on any atom is -0.494 e. The second-order valence-electron chi connectivity index (χ2n) is 3.70. The monoisotopic (exact) mass is 231 g/mol. The van der Waals surface area contributed by atoms with Gasteiger partial charge in [0.05, 0.1) is 12.6 Å². The molecule has 1 atom stereocenters. The average Bonchev–Trinajstić information content (AvgIpc) is 2.86. The summed E-state index contributed by atoms with van der Waals surface area (Å²) in [5.41, 5.74) is 1.16. The van der Waals surface area contributed by atoms with E-state index in [1.54, 1.807) is 6.20 Å². The summed E-state index contributed by atoms with van der Waals surface area (Å²) in [7, 11) is 1.92. The summed E-state index contributed by atoms with van der Waals surface area (Å²) in [4.78, 5) is 7.39. The quantitative estimate of drug-likeness (QED) is 0.828. The number of imidazole rings is 1. The van der Waals surface area contributed by atoms with Crippen molar-refractivity contribution in [3.05, 3.63) is 48.0 Å². The van der Waals surface area contributed by atoms with Gasteiger partial charge in [0.15, 0.2) is 0 Å². The Morgan fingerprint density at radius 2 is 2.12 bits per heavy atom. The van der Waals surface area contributed by atoms with Gasteiger partial charge in [0.25, 0.3) is 0 Å². The highest BCUT2D eigenvalue weighted by Gasteiger charge is 2.13. The fourth-order valence-corrected chi connectivity index (χ4v) is 1.82. The maximum absolute atomic E-state index is 5.42. The highest BCUT2D eigenvalue weighted by molar-refractivity contribution is 5.31. The molecule has 0 fully saturated rings. The summed E-state index contributed by atoms with van der Waals surface area (Å²) in [5.74, 6) is 1.81. The summed E-state index contributed by atoms with van der Waals surface area (Å²) in [5, 5.41) is 3.24. The first-order valence-electron chi connectivity index (χ1n) is 5.74. The second kappa shape index (κ2) is 5.50. The number of ether oxygens (including phenoxy) is 1. The lowest BCUT2D eigenvalue weighted by Crippen LogP contribution is -2.18. The van der Waals surface area contributed by atoms with Crippen LogP contribution in [0.4, 0.5) is 0 Å². The van der Waals surface area contributed by atoms with Crippen LogP contribution in [-0.4, -0.2) is 23.6 Å². The zero-order valence-corrected chi connectivity index (χ0v) is 10.1. The van der Waals surface area contributed by atoms with E-state index in [1.165, 1.54) is 0 Å². The molecule has 0 bridgehead atoms. The van der Waals surface area contributed by atoms with E-state index in [2.05, 4.69) is 27.4 Å². The average molecular weight is 231 g/mol. The molecule has 1 aromatic carbocycles. The number of aromatic nitrogens is 2. The topological polar surface area (TPSA) is 49.9 Å². The van der Waals surface area contributed by atoms with E-state index in [0.29, 0.717) is 6.61 Å². The molecule has 0 amide bonds. The normalized spacial score (nSPS) is 12.4. The van der Waals surface area contributed by atoms with Gasteiger partial charge in [-0.15, -0.1) is 0 Å². The van der Waals surface area contributed by atoms with Gasteiger partial charge in [-0.05, 0) is 31.7 Å². The number of rotatable bonds is 5. The van der Waals surface area contributed by atoms with Gasteiger partial charge < -0.3 is 15.0 Å². The molecule has 1 aromatic heterocycles. The first-order chi connectivity index (χ1) is 8.35. The highest BCUT2D eigenvalue weighted by Crippen LogP contribution is 2.21. The van der Waals surface area contributed by atoms with Crippen molar-refractivity contribution in [3.8, 4) is 5.75 Å². The Bertz CT molecular complexity index is 436. The molecule has 2 N–H and O–H groups in total. The molecule has 2 aromatic rings. The molecule has 17 heavy (non-hydrogen) atoms. The molecule has 0 aliphatic rings. The largest absolute Gasteiger partial charge is 0.494 e. The smallest absolute Gasteiger partial charge is 0.127 e. The molecular formula is C13H17N3O. The van der Waals surface area contributed by atoms with E-state index in [9.17, 15) is 0 Å². The van der Waals surface area contributed by atoms with Gasteiger partial charge >= 0.3 is 0 Å². The lowest BCUT2D eigenvalue weighted by atomic mass is 10.1. The molecule has 1 heterocycles. The Morgan fingerprint density at radius 1 is 1.35 bits per heavy atom. The first-order valence-corrected chi connectivity index (χ1v) is 5.74. The number of hydrogen-bond donors (Lipinski definition) is 2. The van der Waals surface area contributed by atoms with Crippen molar-refractivity contribution in [1.82, 2.24) is 15.3 Å². The van der Waals surface area contributed by atoms with Gasteiger partial charge in [-0.3, -0.25) is 0 Å². The number of H-pyrrole nitrogens is 1. The molecule has 0 radical (unpaired) electrons. The first kappa shape index (κ1) is 11.7. The van der Waals surface area contributed by atoms with Crippen molar-refractivity contribution >= 4 is 0 Å². The van der Waals surface area contributed by atoms with Gasteiger partial charge in [-0.25, -0.2) is 4.98 Å². The minimum atomic E-state index is 0.0840. The van der Waals surface area contributed by atoms with E-state index in [1.807, 2.05) is 32.3 Å². The standard InChI is InChI=1S/C13H17N3O/c1-3-17-11-6-4-10(5-7-11)12(14-2)13-15-8-9-16-13/h4-9,12,14H,3H2,1-2H3,(H,15,16). The predicted molar refractivity (Wildman–Crippen MR) is 67.1 cm³/mol. The minimum absolute atomic E-state index is 0.0840. The predicted octanol–water partition coefficient (Wildman–Crippen LogP) is 2.12. The third-order valence-electron chi connectivity index (χ3n) is 2.61. The molecule has 0 aliphatic carbocycles. The van der Waals surface area contributed by atoms with Crippen LogP contribution in [-0.2, 0) is 0 Å². The third kappa shape index (κ3) is 2.65. The summed E-state index contributed by atoms with van der Waals surface area (Å²) in [6, 6.07) is 8.14. The summed E-state index contributed by atoms with van der Waals surface area (Å²) < 4.78 is 5.42. The number of aromatic amines is 1. The maximum Gasteiger partial charge on any atom is 0.127 e. The number of nitrogens with one attached hydrogen (secondary N) is 2. The van der Waals surface area contributed by atoms with Gasteiger partial charge in [-0.2, -0.15) is 0 Å². The van der Waals surface area contributed by atoms with Crippen LogP contribution in [0.25, 0.3) is 0 Å². The maximum atomic E-state index is 5.42.